The number of carbonyl (C=O) groups is 2. The second kappa shape index (κ2) is 7.82. The van der Waals surface area contributed by atoms with Crippen LogP contribution in [0.5, 0.6) is 0 Å². The van der Waals surface area contributed by atoms with E-state index in [2.05, 4.69) is 0 Å². The number of hydrogen-bond donors (Lipinski definition) is 3. The molecule has 0 bridgehead atoms. The van der Waals surface area contributed by atoms with E-state index in [1.807, 2.05) is 0 Å². The zero-order chi connectivity index (χ0) is 11.0. The van der Waals surface area contributed by atoms with Crippen molar-refractivity contribution in [2.45, 2.75) is 19.9 Å². The molecule has 0 saturated heterocycles. The Morgan fingerprint density at radius 2 is 1.69 bits per heavy atom. The first-order valence-corrected chi connectivity index (χ1v) is 4.12. The monoisotopic (exact) mass is 211 g/mol. The smallest absolute Gasteiger partial charge is 0.320 e. The highest BCUT2D eigenvalue weighted by Gasteiger charge is 2.14. The second-order valence-corrected chi connectivity index (χ2v) is 2.90. The quantitative estimate of drug-likeness (QED) is 0.586. The van der Waals surface area contributed by atoms with Gasteiger partial charge in [0.05, 0.1) is 0 Å². The van der Waals surface area contributed by atoms with Crippen molar-refractivity contribution in [3.8, 4) is 0 Å². The first kappa shape index (κ1) is 14.7. The number of rotatable bonds is 3. The van der Waals surface area contributed by atoms with Gasteiger partial charge in [0.15, 0.2) is 0 Å². The van der Waals surface area contributed by atoms with Gasteiger partial charge in [-0.1, -0.05) is 13.8 Å². The number of nitrogens with two attached hydrogens (primary N) is 1. The molecule has 13 heavy (non-hydrogen) atoms. The van der Waals surface area contributed by atoms with E-state index in [1.54, 1.807) is 13.8 Å². The summed E-state index contributed by atoms with van der Waals surface area (Å²) in [5.41, 5.74) is 5.16. The van der Waals surface area contributed by atoms with Crippen LogP contribution in [0.3, 0.4) is 0 Å². The van der Waals surface area contributed by atoms with Crippen LogP contribution >= 0.6 is 11.6 Å². The van der Waals surface area contributed by atoms with Gasteiger partial charge in [0.2, 0.25) is 0 Å². The Morgan fingerprint density at radius 1 is 1.38 bits per heavy atom. The summed E-state index contributed by atoms with van der Waals surface area (Å²) in [5, 5.41) is 15.8. The average Bonchev–Trinajstić information content (AvgIpc) is 2.03. The molecule has 1 atom stereocenters. The van der Waals surface area contributed by atoms with E-state index in [4.69, 9.17) is 27.5 Å². The topological polar surface area (TPSA) is 101 Å². The lowest BCUT2D eigenvalue weighted by Gasteiger charge is -2.07. The summed E-state index contributed by atoms with van der Waals surface area (Å²) in [4.78, 5) is 19.3. The van der Waals surface area contributed by atoms with E-state index in [9.17, 15) is 9.59 Å². The molecule has 5 nitrogen and oxygen atoms in total. The Balaban J connectivity index is 0. The van der Waals surface area contributed by atoms with Crippen molar-refractivity contribution in [2.75, 3.05) is 5.88 Å². The summed E-state index contributed by atoms with van der Waals surface area (Å²) in [6, 6.07) is -0.713. The van der Waals surface area contributed by atoms with Gasteiger partial charge in [0, 0.05) is 0 Å². The molecule has 0 unspecified atom stereocenters. The number of carboxylic acids is 2. The van der Waals surface area contributed by atoms with Crippen molar-refractivity contribution in [3.05, 3.63) is 0 Å². The van der Waals surface area contributed by atoms with E-state index in [-0.39, 0.29) is 11.8 Å². The summed E-state index contributed by atoms with van der Waals surface area (Å²) < 4.78 is 0. The van der Waals surface area contributed by atoms with Gasteiger partial charge in [-0.25, -0.2) is 0 Å². The summed E-state index contributed by atoms with van der Waals surface area (Å²) in [5.74, 6) is -2.20. The highest BCUT2D eigenvalue weighted by Crippen LogP contribution is 1.96. The molecule has 0 rings (SSSR count). The fraction of sp³-hybridized carbons (Fsp3) is 0.714. The zero-order valence-corrected chi connectivity index (χ0v) is 8.28. The summed E-state index contributed by atoms with van der Waals surface area (Å²) in [6.07, 6.45) is 0. The van der Waals surface area contributed by atoms with Gasteiger partial charge in [0.25, 0.3) is 0 Å². The number of aliphatic carboxylic acids is 2. The highest BCUT2D eigenvalue weighted by molar-refractivity contribution is 6.26. The van der Waals surface area contributed by atoms with Crippen LogP contribution in [-0.4, -0.2) is 34.1 Å². The van der Waals surface area contributed by atoms with E-state index in [1.165, 1.54) is 0 Å². The fourth-order valence-corrected chi connectivity index (χ4v) is 0.285. The van der Waals surface area contributed by atoms with Crippen LogP contribution < -0.4 is 5.73 Å². The van der Waals surface area contributed by atoms with Crippen LogP contribution in [0.2, 0.25) is 0 Å². The maximum absolute atomic E-state index is 10.0. The molecule has 0 fully saturated rings. The molecular formula is C7H14ClNO4. The van der Waals surface area contributed by atoms with Crippen LogP contribution in [0.4, 0.5) is 0 Å². The van der Waals surface area contributed by atoms with E-state index >= 15 is 0 Å². The van der Waals surface area contributed by atoms with Gasteiger partial charge in [-0.3, -0.25) is 9.59 Å². The van der Waals surface area contributed by atoms with Crippen molar-refractivity contribution in [1.29, 1.82) is 0 Å². The normalized spacial score (nSPS) is 11.5. The molecule has 0 aliphatic rings. The maximum Gasteiger partial charge on any atom is 0.320 e. The van der Waals surface area contributed by atoms with Crippen molar-refractivity contribution in [1.82, 2.24) is 0 Å². The lowest BCUT2D eigenvalue weighted by molar-refractivity contribution is -0.139. The SMILES string of the molecule is CC(C)[C@H](N)C(=O)O.O=C(O)CCl. The van der Waals surface area contributed by atoms with Crippen LogP contribution in [-0.2, 0) is 9.59 Å². The first-order valence-electron chi connectivity index (χ1n) is 3.59. The molecule has 0 saturated carbocycles. The Kier molecular flexibility index (Phi) is 8.84. The van der Waals surface area contributed by atoms with Crippen molar-refractivity contribution >= 4 is 23.5 Å². The predicted molar refractivity (Wildman–Crippen MR) is 48.8 cm³/mol. The Morgan fingerprint density at radius 3 is 1.69 bits per heavy atom. The molecule has 0 aromatic carbocycles. The van der Waals surface area contributed by atoms with Crippen LogP contribution in [0.1, 0.15) is 13.8 Å². The summed E-state index contributed by atoms with van der Waals surface area (Å²) in [6.45, 7) is 3.55. The molecule has 0 amide bonds. The Hall–Kier alpha value is -0.810. The van der Waals surface area contributed by atoms with Gasteiger partial charge in [-0.15, -0.1) is 11.6 Å². The molecule has 0 aromatic rings. The number of carboxylic acid groups (broad SMARTS) is 2. The van der Waals surface area contributed by atoms with Gasteiger partial charge < -0.3 is 15.9 Å². The molecule has 0 aliphatic carbocycles. The number of alkyl halides is 1. The predicted octanol–water partition coefficient (Wildman–Crippen LogP) is 0.364. The zero-order valence-electron chi connectivity index (χ0n) is 7.53. The van der Waals surface area contributed by atoms with Crippen molar-refractivity contribution < 1.29 is 19.8 Å². The van der Waals surface area contributed by atoms with Gasteiger partial charge in [0.1, 0.15) is 11.9 Å². The number of hydrogen-bond acceptors (Lipinski definition) is 3. The molecule has 0 heterocycles. The minimum atomic E-state index is -0.980. The molecule has 6 heteroatoms. The molecule has 0 aromatic heterocycles. The third-order valence-corrected chi connectivity index (χ3v) is 1.35. The minimum absolute atomic E-state index is 0.0208. The largest absolute Gasteiger partial charge is 0.480 e. The number of halogens is 1. The van der Waals surface area contributed by atoms with E-state index < -0.39 is 18.0 Å². The Bertz CT molecular complexity index is 172. The third-order valence-electron chi connectivity index (χ3n) is 1.12. The molecule has 0 radical (unpaired) electrons. The molecule has 4 N–H and O–H groups in total. The summed E-state index contributed by atoms with van der Waals surface area (Å²) >= 11 is 4.74. The van der Waals surface area contributed by atoms with Crippen LogP contribution in [0, 0.1) is 5.92 Å². The van der Waals surface area contributed by atoms with E-state index in [0.29, 0.717) is 0 Å². The fourth-order valence-electron chi connectivity index (χ4n) is 0.285. The van der Waals surface area contributed by atoms with Crippen LogP contribution in [0.25, 0.3) is 0 Å². The standard InChI is InChI=1S/C5H11NO2.C2H3ClO2/c1-3(2)4(6)5(7)8;3-1-2(4)5/h3-4H,6H2,1-2H3,(H,7,8);1H2,(H,4,5)/t4-;/m0./s1. The maximum atomic E-state index is 10.0. The lowest BCUT2D eigenvalue weighted by atomic mass is 10.1. The van der Waals surface area contributed by atoms with Gasteiger partial charge in [-0.2, -0.15) is 0 Å². The lowest BCUT2D eigenvalue weighted by Crippen LogP contribution is -2.34. The van der Waals surface area contributed by atoms with Gasteiger partial charge in [-0.05, 0) is 5.92 Å². The average molecular weight is 212 g/mol. The van der Waals surface area contributed by atoms with E-state index in [0.717, 1.165) is 0 Å². The van der Waals surface area contributed by atoms with Crippen molar-refractivity contribution in [2.24, 2.45) is 11.7 Å². The highest BCUT2D eigenvalue weighted by atomic mass is 35.5. The molecule has 0 spiro atoms. The summed E-state index contributed by atoms with van der Waals surface area (Å²) in [7, 11) is 0. The van der Waals surface area contributed by atoms with Crippen LogP contribution in [0.15, 0.2) is 0 Å². The first-order chi connectivity index (χ1) is 5.82. The third kappa shape index (κ3) is 11.2. The molecule has 0 aliphatic heterocycles. The minimum Gasteiger partial charge on any atom is -0.480 e. The molecular weight excluding hydrogens is 198 g/mol. The second-order valence-electron chi connectivity index (χ2n) is 2.64. The molecule has 78 valence electrons. The Labute approximate surface area is 81.5 Å². The van der Waals surface area contributed by atoms with Gasteiger partial charge >= 0.3 is 11.9 Å². The van der Waals surface area contributed by atoms with Crippen molar-refractivity contribution in [3.63, 3.8) is 0 Å².